The average Bonchev–Trinajstić information content (AvgIpc) is 3.38. The van der Waals surface area contributed by atoms with Crippen molar-refractivity contribution in [2.75, 3.05) is 11.5 Å². The van der Waals surface area contributed by atoms with Gasteiger partial charge in [0.15, 0.2) is 5.78 Å². The number of hydrogen-bond acceptors (Lipinski definition) is 8. The second-order valence-corrected chi connectivity index (χ2v) is 7.93. The highest BCUT2D eigenvalue weighted by Gasteiger charge is 2.30. The van der Waals surface area contributed by atoms with Gasteiger partial charge in [0.25, 0.3) is 10.8 Å². The first-order valence-corrected chi connectivity index (χ1v) is 10.0. The number of hydrogen-bond donors (Lipinski definition) is 2. The van der Waals surface area contributed by atoms with Crippen LogP contribution in [0.2, 0.25) is 0 Å². The molecule has 2 heterocycles. The number of benzene rings is 1. The number of aromatic nitrogens is 4. The van der Waals surface area contributed by atoms with Crippen molar-refractivity contribution in [3.05, 3.63) is 55.7 Å². The molecule has 0 bridgehead atoms. The first kappa shape index (κ1) is 19.2. The molecular weight excluding hydrogens is 394 g/mol. The number of thioether (sulfide) groups is 1. The van der Waals surface area contributed by atoms with E-state index >= 15 is 0 Å². The Labute approximate surface area is 169 Å². The monoisotopic (exact) mass is 413 g/mol. The summed E-state index contributed by atoms with van der Waals surface area (Å²) in [5.41, 5.74) is 7.43. The molecule has 3 aromatic rings. The molecule has 4 rings (SSSR count). The van der Waals surface area contributed by atoms with Crippen LogP contribution in [0, 0.1) is 13.8 Å². The van der Waals surface area contributed by atoms with Gasteiger partial charge in [-0.15, -0.1) is 10.2 Å². The molecule has 0 amide bonds. The molecule has 2 aromatic heterocycles. The Morgan fingerprint density at radius 3 is 2.72 bits per heavy atom. The second kappa shape index (κ2) is 7.36. The third kappa shape index (κ3) is 3.75. The number of H-pyrrole nitrogens is 1. The zero-order valence-electron chi connectivity index (χ0n) is 15.9. The summed E-state index contributed by atoms with van der Waals surface area (Å²) in [7, 11) is 0. The maximum atomic E-state index is 12.6. The summed E-state index contributed by atoms with van der Waals surface area (Å²) in [4.78, 5) is 38.9. The number of Topliss-reactive ketones (excluding diaryl/α,β-unsaturated/α-hetero) is 1. The highest BCUT2D eigenvalue weighted by molar-refractivity contribution is 7.99. The number of aryl methyl sites for hydroxylation is 2. The third-order valence-corrected chi connectivity index (χ3v) is 5.68. The molecule has 0 spiro atoms. The van der Waals surface area contributed by atoms with Crippen LogP contribution in [-0.2, 0) is 0 Å². The summed E-state index contributed by atoms with van der Waals surface area (Å²) >= 11 is 1.01. The Bertz CT molecular complexity index is 1220. The van der Waals surface area contributed by atoms with Crippen molar-refractivity contribution >= 4 is 23.4 Å². The Morgan fingerprint density at radius 1 is 1.28 bits per heavy atom. The van der Waals surface area contributed by atoms with Gasteiger partial charge in [0, 0.05) is 11.6 Å². The molecule has 0 unspecified atom stereocenters. The SMILES string of the molecule is Cc1ccc(-c2nnc(SCC(=O)c3c(N)n(C4CC4)c(=O)[nH]c3=O)o2)cc1C. The van der Waals surface area contributed by atoms with E-state index in [1.807, 2.05) is 32.0 Å². The number of aromatic amines is 1. The highest BCUT2D eigenvalue weighted by Crippen LogP contribution is 2.35. The molecule has 10 heteroatoms. The van der Waals surface area contributed by atoms with Crippen LogP contribution < -0.4 is 17.0 Å². The highest BCUT2D eigenvalue weighted by atomic mass is 32.2. The first-order chi connectivity index (χ1) is 13.8. The average molecular weight is 413 g/mol. The Hall–Kier alpha value is -3.14. The molecule has 29 heavy (non-hydrogen) atoms. The summed E-state index contributed by atoms with van der Waals surface area (Å²) in [6.07, 6.45) is 1.59. The van der Waals surface area contributed by atoms with Crippen LogP contribution in [0.5, 0.6) is 0 Å². The molecule has 1 fully saturated rings. The zero-order chi connectivity index (χ0) is 20.7. The standard InChI is InChI=1S/C19H19N5O4S/c1-9-3-4-11(7-10(9)2)17-22-23-19(28-17)29-8-13(25)14-15(20)24(12-5-6-12)18(27)21-16(14)26/h3-4,7,12H,5-6,8,20H2,1-2H3,(H,21,26,27). The number of nitrogen functional groups attached to an aromatic ring is 1. The lowest BCUT2D eigenvalue weighted by atomic mass is 10.1. The smallest absolute Gasteiger partial charge is 0.330 e. The van der Waals surface area contributed by atoms with E-state index in [4.69, 9.17) is 10.2 Å². The number of nitrogens with zero attached hydrogens (tertiary/aromatic N) is 3. The van der Waals surface area contributed by atoms with Crippen LogP contribution in [0.25, 0.3) is 11.5 Å². The predicted octanol–water partition coefficient (Wildman–Crippen LogP) is 2.10. The first-order valence-electron chi connectivity index (χ1n) is 9.06. The van der Waals surface area contributed by atoms with E-state index in [-0.39, 0.29) is 28.4 Å². The van der Waals surface area contributed by atoms with E-state index < -0.39 is 17.0 Å². The van der Waals surface area contributed by atoms with Gasteiger partial charge in [-0.05, 0) is 49.9 Å². The fourth-order valence-electron chi connectivity index (χ4n) is 2.99. The molecule has 0 saturated heterocycles. The van der Waals surface area contributed by atoms with Crippen molar-refractivity contribution in [1.82, 2.24) is 19.7 Å². The second-order valence-electron chi connectivity index (χ2n) is 7.00. The fraction of sp³-hybridized carbons (Fsp3) is 0.316. The molecule has 9 nitrogen and oxygen atoms in total. The van der Waals surface area contributed by atoms with Gasteiger partial charge in [-0.3, -0.25) is 19.1 Å². The van der Waals surface area contributed by atoms with Crippen molar-refractivity contribution in [1.29, 1.82) is 0 Å². The Kier molecular flexibility index (Phi) is 4.87. The lowest BCUT2D eigenvalue weighted by Crippen LogP contribution is -2.36. The Morgan fingerprint density at radius 2 is 2.03 bits per heavy atom. The minimum Gasteiger partial charge on any atom is -0.411 e. The molecule has 1 aromatic carbocycles. The van der Waals surface area contributed by atoms with Gasteiger partial charge in [-0.2, -0.15) is 0 Å². The summed E-state index contributed by atoms with van der Waals surface area (Å²) in [6, 6.07) is 5.74. The Balaban J connectivity index is 1.52. The van der Waals surface area contributed by atoms with Crippen molar-refractivity contribution in [2.24, 2.45) is 0 Å². The number of nitrogens with one attached hydrogen (secondary N) is 1. The zero-order valence-corrected chi connectivity index (χ0v) is 16.7. The molecule has 1 saturated carbocycles. The summed E-state index contributed by atoms with van der Waals surface area (Å²) in [5, 5.41) is 8.17. The molecule has 150 valence electrons. The van der Waals surface area contributed by atoms with Crippen LogP contribution in [0.4, 0.5) is 5.82 Å². The number of carbonyl (C=O) groups is 1. The van der Waals surface area contributed by atoms with Gasteiger partial charge in [0.05, 0.1) is 5.75 Å². The van der Waals surface area contributed by atoms with Gasteiger partial charge in [-0.1, -0.05) is 17.8 Å². The normalized spacial score (nSPS) is 13.6. The van der Waals surface area contributed by atoms with Gasteiger partial charge >= 0.3 is 5.69 Å². The summed E-state index contributed by atoms with van der Waals surface area (Å²) in [6.45, 7) is 4.01. The van der Waals surface area contributed by atoms with Crippen molar-refractivity contribution in [2.45, 2.75) is 38.0 Å². The minimum absolute atomic E-state index is 0.0602. The van der Waals surface area contributed by atoms with Crippen molar-refractivity contribution < 1.29 is 9.21 Å². The molecule has 1 aliphatic carbocycles. The fourth-order valence-corrected chi connectivity index (χ4v) is 3.62. The molecule has 0 aliphatic heterocycles. The van der Waals surface area contributed by atoms with Crippen molar-refractivity contribution in [3.8, 4) is 11.5 Å². The van der Waals surface area contributed by atoms with Crippen LogP contribution in [0.1, 0.15) is 40.4 Å². The maximum Gasteiger partial charge on any atom is 0.330 e. The van der Waals surface area contributed by atoms with E-state index in [0.717, 1.165) is 41.3 Å². The summed E-state index contributed by atoms with van der Waals surface area (Å²) < 4.78 is 6.90. The van der Waals surface area contributed by atoms with E-state index in [0.29, 0.717) is 5.89 Å². The van der Waals surface area contributed by atoms with E-state index in [9.17, 15) is 14.4 Å². The lowest BCUT2D eigenvalue weighted by molar-refractivity contribution is 0.102. The lowest BCUT2D eigenvalue weighted by Gasteiger charge is -2.10. The number of nitrogens with two attached hydrogens (primary N) is 1. The van der Waals surface area contributed by atoms with Crippen molar-refractivity contribution in [3.63, 3.8) is 0 Å². The van der Waals surface area contributed by atoms with Gasteiger partial charge in [0.2, 0.25) is 5.89 Å². The predicted molar refractivity (Wildman–Crippen MR) is 108 cm³/mol. The molecule has 3 N–H and O–H groups in total. The van der Waals surface area contributed by atoms with Gasteiger partial charge < -0.3 is 10.2 Å². The molecular formula is C19H19N5O4S. The number of anilines is 1. The van der Waals surface area contributed by atoms with Gasteiger partial charge in [0.1, 0.15) is 11.4 Å². The van der Waals surface area contributed by atoms with Crippen LogP contribution in [0.15, 0.2) is 37.4 Å². The topological polar surface area (TPSA) is 137 Å². The quantitative estimate of drug-likeness (QED) is 0.463. The molecule has 0 atom stereocenters. The van der Waals surface area contributed by atoms with Crippen LogP contribution in [0.3, 0.4) is 0 Å². The van der Waals surface area contributed by atoms with E-state index in [2.05, 4.69) is 15.2 Å². The number of carbonyl (C=O) groups excluding carboxylic acids is 1. The maximum absolute atomic E-state index is 12.6. The largest absolute Gasteiger partial charge is 0.411 e. The van der Waals surface area contributed by atoms with Gasteiger partial charge in [-0.25, -0.2) is 4.79 Å². The number of rotatable bonds is 6. The van der Waals surface area contributed by atoms with Crippen LogP contribution >= 0.6 is 11.8 Å². The molecule has 1 aliphatic rings. The number of ketones is 1. The van der Waals surface area contributed by atoms with E-state index in [1.165, 1.54) is 4.57 Å². The summed E-state index contributed by atoms with van der Waals surface area (Å²) in [5.74, 6) is -0.366. The third-order valence-electron chi connectivity index (χ3n) is 4.86. The van der Waals surface area contributed by atoms with Crippen LogP contribution in [-0.4, -0.2) is 31.3 Å². The molecule has 0 radical (unpaired) electrons. The van der Waals surface area contributed by atoms with E-state index in [1.54, 1.807) is 0 Å². The minimum atomic E-state index is -0.781.